The van der Waals surface area contributed by atoms with Gasteiger partial charge in [0.25, 0.3) is 0 Å². The molecule has 0 rings (SSSR count). The van der Waals surface area contributed by atoms with E-state index in [1.807, 2.05) is 0 Å². The maximum absolute atomic E-state index is 8.60. The molecule has 6 nitrogen and oxygen atoms in total. The summed E-state index contributed by atoms with van der Waals surface area (Å²) in [6.07, 6.45) is -0.667. The molecule has 1 unspecified atom stereocenters. The maximum atomic E-state index is 8.60. The molecule has 0 aliphatic carbocycles. The lowest BCUT2D eigenvalue weighted by molar-refractivity contribution is -1.92. The van der Waals surface area contributed by atoms with Crippen LogP contribution in [0, 0.1) is 10.2 Å². The van der Waals surface area contributed by atoms with E-state index >= 15 is 0 Å². The Kier molecular flexibility index (Phi) is 6.40. The van der Waals surface area contributed by atoms with Crippen molar-refractivity contribution in [2.45, 2.75) is 13.2 Å². The Hall–Kier alpha value is 0.0500. The fourth-order valence-corrected chi connectivity index (χ4v) is 0. The van der Waals surface area contributed by atoms with Gasteiger partial charge in [-0.1, -0.05) is 0 Å². The molecule has 4 N–H and O–H groups in total. The summed E-state index contributed by atoms with van der Waals surface area (Å²) in [4.78, 5) is 0. The van der Waals surface area contributed by atoms with Crippen molar-refractivity contribution < 1.29 is 34.0 Å². The Morgan fingerprint density at radius 3 is 1.44 bits per heavy atom. The van der Waals surface area contributed by atoms with Crippen LogP contribution in [-0.4, -0.2) is 16.0 Å². The molecular formula is C2H8ClNO5. The predicted octanol–water partition coefficient (Wildman–Crippen LogP) is -4.84. The summed E-state index contributed by atoms with van der Waals surface area (Å²) in [7, 11) is -4.69. The van der Waals surface area contributed by atoms with Gasteiger partial charge in [0.15, 0.2) is 0 Å². The molecule has 0 amide bonds. The summed E-state index contributed by atoms with van der Waals surface area (Å²) in [6, 6.07) is 0. The molecule has 0 aliphatic rings. The van der Waals surface area contributed by atoms with Crippen molar-refractivity contribution >= 4 is 0 Å². The summed E-state index contributed by atoms with van der Waals surface area (Å²) in [5, 5.41) is 7.83. The third-order valence-electron chi connectivity index (χ3n) is 0. The van der Waals surface area contributed by atoms with Crippen molar-refractivity contribution in [2.24, 2.45) is 5.73 Å². The molecule has 0 fully saturated rings. The van der Waals surface area contributed by atoms with E-state index in [0.29, 0.717) is 0 Å². The molecule has 7 heteroatoms. The first kappa shape index (κ1) is 11.8. The van der Waals surface area contributed by atoms with Crippen molar-refractivity contribution in [3.63, 3.8) is 0 Å². The second kappa shape index (κ2) is 4.89. The van der Waals surface area contributed by atoms with Crippen LogP contribution in [0.4, 0.5) is 0 Å². The van der Waals surface area contributed by atoms with Gasteiger partial charge >= 0.3 is 0 Å². The van der Waals surface area contributed by atoms with E-state index in [9.17, 15) is 0 Å². The van der Waals surface area contributed by atoms with Crippen molar-refractivity contribution in [3.8, 4) is 0 Å². The van der Waals surface area contributed by atoms with E-state index in [-0.39, 0.29) is 0 Å². The minimum absolute atomic E-state index is 0.667. The maximum Gasteiger partial charge on any atom is 0.0991 e. The Balaban J connectivity index is 0. The Labute approximate surface area is 53.9 Å². The highest BCUT2D eigenvalue weighted by molar-refractivity contribution is 4.16. The van der Waals surface area contributed by atoms with E-state index in [1.165, 1.54) is 6.92 Å². The standard InChI is InChI=1S/C2H7NO.ClHO4/c1-2(3)4;2-1(3,4)5/h2,4H,3H2,1H3;(H,2,3,4,5). The molecule has 58 valence electrons. The van der Waals surface area contributed by atoms with Crippen LogP contribution in [0.5, 0.6) is 0 Å². The van der Waals surface area contributed by atoms with Crippen molar-refractivity contribution in [2.75, 3.05) is 0 Å². The lowest BCUT2D eigenvalue weighted by atomic mass is 10.7. The van der Waals surface area contributed by atoms with Gasteiger partial charge in [-0.15, -0.1) is 0 Å². The lowest BCUT2D eigenvalue weighted by Gasteiger charge is -2.03. The van der Waals surface area contributed by atoms with E-state index in [1.54, 1.807) is 0 Å². The second-order valence-electron chi connectivity index (χ2n) is 1.14. The minimum atomic E-state index is -4.69. The van der Waals surface area contributed by atoms with Crippen LogP contribution in [-0.2, 0) is 0 Å². The van der Waals surface area contributed by atoms with Gasteiger partial charge in [-0.2, -0.15) is 14.0 Å². The average Bonchev–Trinajstić information content (AvgIpc) is 1.19. The zero-order valence-electron chi connectivity index (χ0n) is 4.65. The highest BCUT2D eigenvalue weighted by atomic mass is 35.7. The van der Waals surface area contributed by atoms with Crippen LogP contribution in [0.15, 0.2) is 0 Å². The monoisotopic (exact) mass is 161 g/mol. The molecule has 0 saturated carbocycles. The number of hydrogen-bond donors (Lipinski definition) is 3. The number of aliphatic hydroxyl groups is 1. The summed E-state index contributed by atoms with van der Waals surface area (Å²) in [5.74, 6) is 0. The molecule has 0 radical (unpaired) electrons. The first-order valence-corrected chi connectivity index (χ1v) is 3.06. The van der Waals surface area contributed by atoms with Crippen LogP contribution < -0.4 is 19.7 Å². The summed E-state index contributed by atoms with van der Waals surface area (Å²) in [5.41, 5.74) is 4.67. The smallest absolute Gasteiger partial charge is 0.0991 e. The van der Waals surface area contributed by atoms with E-state index < -0.39 is 16.5 Å². The number of halogens is 1. The first-order chi connectivity index (χ1) is 3.73. The predicted molar refractivity (Wildman–Crippen MR) is 18.1 cm³/mol. The SMILES string of the molecule is CC(N)O.[O-][Cl+3]([O-])([O-])O. The van der Waals surface area contributed by atoms with Gasteiger partial charge in [0.05, 0.1) is 21.1 Å². The van der Waals surface area contributed by atoms with Gasteiger partial charge in [-0.25, -0.2) is 0 Å². The van der Waals surface area contributed by atoms with Gasteiger partial charge in [0.2, 0.25) is 0 Å². The topological polar surface area (TPSA) is 136 Å². The van der Waals surface area contributed by atoms with Crippen molar-refractivity contribution in [1.82, 2.24) is 0 Å². The highest BCUT2D eigenvalue weighted by Crippen LogP contribution is 1.60. The normalized spacial score (nSPS) is 13.7. The number of rotatable bonds is 0. The van der Waals surface area contributed by atoms with Gasteiger partial charge in [-0.3, -0.25) is 0 Å². The minimum Gasteiger partial charge on any atom is -0.379 e. The molecule has 0 saturated heterocycles. The summed E-state index contributed by atoms with van der Waals surface area (Å²) < 4.78 is 32.7. The fraction of sp³-hybridized carbons (Fsp3) is 1.00. The van der Waals surface area contributed by atoms with Crippen LogP contribution in [0.2, 0.25) is 0 Å². The van der Waals surface area contributed by atoms with Crippen LogP contribution in [0.1, 0.15) is 6.92 Å². The molecule has 0 bridgehead atoms. The summed E-state index contributed by atoms with van der Waals surface area (Å²) >= 11 is 0. The fourth-order valence-electron chi connectivity index (χ4n) is 0. The van der Waals surface area contributed by atoms with Gasteiger partial charge in [-0.05, 0) is 6.92 Å². The molecule has 0 aliphatic heterocycles. The van der Waals surface area contributed by atoms with Crippen LogP contribution in [0.3, 0.4) is 0 Å². The molecule has 1 atom stereocenters. The van der Waals surface area contributed by atoms with Gasteiger partial charge in [0.1, 0.15) is 0 Å². The molecule has 0 aromatic rings. The lowest BCUT2D eigenvalue weighted by Crippen LogP contribution is -2.58. The number of hydrogen-bond acceptors (Lipinski definition) is 6. The molecule has 9 heavy (non-hydrogen) atoms. The van der Waals surface area contributed by atoms with Gasteiger partial charge in [0, 0.05) is 0 Å². The van der Waals surface area contributed by atoms with E-state index in [2.05, 4.69) is 5.73 Å². The third-order valence-corrected chi connectivity index (χ3v) is 0. The van der Waals surface area contributed by atoms with E-state index in [4.69, 9.17) is 23.7 Å². The van der Waals surface area contributed by atoms with Crippen LogP contribution in [0.25, 0.3) is 0 Å². The third kappa shape index (κ3) is 118000. The van der Waals surface area contributed by atoms with Crippen molar-refractivity contribution in [3.05, 3.63) is 0 Å². The zero-order valence-corrected chi connectivity index (χ0v) is 5.41. The summed E-state index contributed by atoms with van der Waals surface area (Å²) in [6.45, 7) is 1.50. The van der Waals surface area contributed by atoms with Crippen molar-refractivity contribution in [1.29, 1.82) is 0 Å². The second-order valence-corrected chi connectivity index (χ2v) is 1.93. The number of nitrogens with two attached hydrogens (primary N) is 1. The largest absolute Gasteiger partial charge is 0.379 e. The molecule has 0 spiro atoms. The van der Waals surface area contributed by atoms with Gasteiger partial charge < -0.3 is 10.8 Å². The Morgan fingerprint density at radius 1 is 1.44 bits per heavy atom. The first-order valence-electron chi connectivity index (χ1n) is 1.80. The average molecular weight is 162 g/mol. The number of aliphatic hydroxyl groups excluding tert-OH is 1. The molecule has 0 heterocycles. The zero-order chi connectivity index (χ0) is 8.08. The Morgan fingerprint density at radius 2 is 1.44 bits per heavy atom. The molecule has 0 aromatic heterocycles. The quantitative estimate of drug-likeness (QED) is 0.305. The molecular weight excluding hydrogens is 153 g/mol. The highest BCUT2D eigenvalue weighted by Gasteiger charge is 1.98. The van der Waals surface area contributed by atoms with Crippen LogP contribution >= 0.6 is 0 Å². The van der Waals surface area contributed by atoms with E-state index in [0.717, 1.165) is 0 Å². The Bertz CT molecular complexity index is 51.7. The molecule has 0 aromatic carbocycles.